The number of hydrogen-bond donors (Lipinski definition) is 1. The molecule has 1 aromatic heterocycles. The van der Waals surface area contributed by atoms with Crippen molar-refractivity contribution in [2.75, 3.05) is 39.9 Å². The van der Waals surface area contributed by atoms with Gasteiger partial charge in [-0.05, 0) is 20.8 Å². The van der Waals surface area contributed by atoms with Crippen LogP contribution in [0.3, 0.4) is 0 Å². The summed E-state index contributed by atoms with van der Waals surface area (Å²) in [5.74, 6) is 0.912. The Balaban J connectivity index is 2.07. The second-order valence-electron chi connectivity index (χ2n) is 6.39. The number of aryl methyl sites for hydroxylation is 1. The second kappa shape index (κ2) is 7.79. The van der Waals surface area contributed by atoms with Gasteiger partial charge in [-0.3, -0.25) is 9.67 Å². The zero-order valence-corrected chi connectivity index (χ0v) is 14.9. The summed E-state index contributed by atoms with van der Waals surface area (Å²) in [4.78, 5) is 6.99. The standard InChI is InChI=1S/C16H29N5O2/c1-6-17-15(18-12-16(2,3)22-5)21-7-8-23-14(11-21)13-9-19-20(4)10-13/h9-10,14H,6-8,11-12H2,1-5H3,(H,17,18). The Bertz CT molecular complexity index is 526. The lowest BCUT2D eigenvalue weighted by Crippen LogP contribution is -2.48. The molecule has 2 heterocycles. The average molecular weight is 323 g/mol. The number of morpholine rings is 1. The predicted octanol–water partition coefficient (Wildman–Crippen LogP) is 1.18. The van der Waals surface area contributed by atoms with E-state index in [-0.39, 0.29) is 11.7 Å². The highest BCUT2D eigenvalue weighted by molar-refractivity contribution is 5.80. The summed E-state index contributed by atoms with van der Waals surface area (Å²) in [6, 6.07) is 0. The molecule has 0 spiro atoms. The largest absolute Gasteiger partial charge is 0.377 e. The van der Waals surface area contributed by atoms with E-state index in [1.807, 2.05) is 33.3 Å². The Morgan fingerprint density at radius 2 is 2.35 bits per heavy atom. The summed E-state index contributed by atoms with van der Waals surface area (Å²) in [6.45, 7) is 9.88. The molecule has 1 aromatic rings. The van der Waals surface area contributed by atoms with Crippen LogP contribution in [0.15, 0.2) is 17.4 Å². The molecule has 1 aliphatic rings. The molecule has 1 saturated heterocycles. The maximum Gasteiger partial charge on any atom is 0.194 e. The molecular formula is C16H29N5O2. The summed E-state index contributed by atoms with van der Waals surface area (Å²) in [5.41, 5.74) is 0.834. The van der Waals surface area contributed by atoms with Gasteiger partial charge in [0.2, 0.25) is 0 Å². The summed E-state index contributed by atoms with van der Waals surface area (Å²) in [7, 11) is 3.64. The fourth-order valence-corrected chi connectivity index (χ4v) is 2.41. The Kier molecular flexibility index (Phi) is 6.01. The van der Waals surface area contributed by atoms with Crippen molar-refractivity contribution in [3.8, 4) is 0 Å². The molecule has 0 saturated carbocycles. The van der Waals surface area contributed by atoms with E-state index in [0.29, 0.717) is 13.2 Å². The molecule has 0 radical (unpaired) electrons. The molecule has 0 bridgehead atoms. The topological polar surface area (TPSA) is 63.9 Å². The van der Waals surface area contributed by atoms with Gasteiger partial charge >= 0.3 is 0 Å². The normalized spacial score (nSPS) is 20.0. The first-order chi connectivity index (χ1) is 10.9. The van der Waals surface area contributed by atoms with Gasteiger partial charge in [0.15, 0.2) is 5.96 Å². The van der Waals surface area contributed by atoms with E-state index in [0.717, 1.165) is 31.2 Å². The quantitative estimate of drug-likeness (QED) is 0.651. The molecule has 1 fully saturated rings. The van der Waals surface area contributed by atoms with Crippen LogP contribution >= 0.6 is 0 Å². The molecule has 1 aliphatic heterocycles. The maximum absolute atomic E-state index is 5.90. The Morgan fingerprint density at radius 3 is 2.96 bits per heavy atom. The SMILES string of the molecule is CCNC(=NCC(C)(C)OC)N1CCOC(c2cnn(C)c2)C1. The minimum Gasteiger partial charge on any atom is -0.377 e. The lowest BCUT2D eigenvalue weighted by Gasteiger charge is -2.35. The molecule has 23 heavy (non-hydrogen) atoms. The zero-order chi connectivity index (χ0) is 16.9. The van der Waals surface area contributed by atoms with E-state index in [2.05, 4.69) is 22.2 Å². The number of aromatic nitrogens is 2. The van der Waals surface area contributed by atoms with Crippen LogP contribution in [-0.2, 0) is 16.5 Å². The van der Waals surface area contributed by atoms with Crippen LogP contribution in [0.4, 0.5) is 0 Å². The van der Waals surface area contributed by atoms with Crippen LogP contribution < -0.4 is 5.32 Å². The highest BCUT2D eigenvalue weighted by atomic mass is 16.5. The van der Waals surface area contributed by atoms with E-state index in [1.165, 1.54) is 0 Å². The number of guanidine groups is 1. The zero-order valence-electron chi connectivity index (χ0n) is 14.9. The van der Waals surface area contributed by atoms with Crippen molar-refractivity contribution in [1.29, 1.82) is 0 Å². The third-order valence-corrected chi connectivity index (χ3v) is 3.96. The molecular weight excluding hydrogens is 294 g/mol. The monoisotopic (exact) mass is 323 g/mol. The van der Waals surface area contributed by atoms with Crippen molar-refractivity contribution in [3.05, 3.63) is 18.0 Å². The van der Waals surface area contributed by atoms with E-state index in [4.69, 9.17) is 14.5 Å². The minimum absolute atomic E-state index is 0.0248. The van der Waals surface area contributed by atoms with Gasteiger partial charge in [-0.1, -0.05) is 0 Å². The van der Waals surface area contributed by atoms with E-state index < -0.39 is 0 Å². The molecule has 2 rings (SSSR count). The van der Waals surface area contributed by atoms with Crippen LogP contribution in [-0.4, -0.2) is 66.1 Å². The number of nitrogens with one attached hydrogen (secondary N) is 1. The molecule has 1 unspecified atom stereocenters. The van der Waals surface area contributed by atoms with E-state index in [9.17, 15) is 0 Å². The highest BCUT2D eigenvalue weighted by Gasteiger charge is 2.26. The first-order valence-electron chi connectivity index (χ1n) is 8.13. The van der Waals surface area contributed by atoms with Gasteiger partial charge in [0.05, 0.1) is 31.5 Å². The van der Waals surface area contributed by atoms with Gasteiger partial charge in [-0.15, -0.1) is 0 Å². The molecule has 1 atom stereocenters. The maximum atomic E-state index is 5.90. The molecule has 0 aliphatic carbocycles. The van der Waals surface area contributed by atoms with Crippen molar-refractivity contribution in [1.82, 2.24) is 20.0 Å². The first-order valence-corrected chi connectivity index (χ1v) is 8.13. The third-order valence-electron chi connectivity index (χ3n) is 3.96. The lowest BCUT2D eigenvalue weighted by molar-refractivity contribution is -0.00849. The minimum atomic E-state index is -0.268. The van der Waals surface area contributed by atoms with Gasteiger partial charge in [0.1, 0.15) is 6.10 Å². The fourth-order valence-electron chi connectivity index (χ4n) is 2.41. The molecule has 0 amide bonds. The van der Waals surface area contributed by atoms with Gasteiger partial charge in [-0.2, -0.15) is 5.10 Å². The average Bonchev–Trinajstić information content (AvgIpc) is 2.98. The van der Waals surface area contributed by atoms with E-state index >= 15 is 0 Å². The molecule has 7 heteroatoms. The van der Waals surface area contributed by atoms with Crippen molar-refractivity contribution in [2.24, 2.45) is 12.0 Å². The Labute approximate surface area is 138 Å². The molecule has 1 N–H and O–H groups in total. The predicted molar refractivity (Wildman–Crippen MR) is 90.5 cm³/mol. The van der Waals surface area contributed by atoms with Crippen LogP contribution in [0.1, 0.15) is 32.4 Å². The lowest BCUT2D eigenvalue weighted by atomic mass is 10.1. The number of nitrogens with zero attached hydrogens (tertiary/aromatic N) is 4. The van der Waals surface area contributed by atoms with Gasteiger partial charge in [0.25, 0.3) is 0 Å². The van der Waals surface area contributed by atoms with Crippen molar-refractivity contribution in [3.63, 3.8) is 0 Å². The fraction of sp³-hybridized carbons (Fsp3) is 0.750. The summed E-state index contributed by atoms with van der Waals surface area (Å²) in [6.07, 6.45) is 3.90. The summed E-state index contributed by atoms with van der Waals surface area (Å²) >= 11 is 0. The molecule has 0 aromatic carbocycles. The number of hydrogen-bond acceptors (Lipinski definition) is 4. The highest BCUT2D eigenvalue weighted by Crippen LogP contribution is 2.21. The van der Waals surface area contributed by atoms with Crippen molar-refractivity contribution < 1.29 is 9.47 Å². The molecule has 7 nitrogen and oxygen atoms in total. The summed E-state index contributed by atoms with van der Waals surface area (Å²) in [5, 5.41) is 7.60. The second-order valence-corrected chi connectivity index (χ2v) is 6.39. The number of methoxy groups -OCH3 is 1. The van der Waals surface area contributed by atoms with E-state index in [1.54, 1.807) is 11.8 Å². The Morgan fingerprint density at radius 1 is 1.57 bits per heavy atom. The van der Waals surface area contributed by atoms with Crippen molar-refractivity contribution in [2.45, 2.75) is 32.5 Å². The van der Waals surface area contributed by atoms with Crippen molar-refractivity contribution >= 4 is 5.96 Å². The summed E-state index contributed by atoms with van der Waals surface area (Å²) < 4.78 is 13.2. The van der Waals surface area contributed by atoms with Gasteiger partial charge in [0, 0.05) is 39.0 Å². The van der Waals surface area contributed by atoms with Crippen LogP contribution in [0.25, 0.3) is 0 Å². The molecule has 130 valence electrons. The number of aliphatic imine (C=N–C) groups is 1. The first kappa shape index (κ1) is 17.7. The number of ether oxygens (including phenoxy) is 2. The Hall–Kier alpha value is -1.60. The third kappa shape index (κ3) is 4.94. The van der Waals surface area contributed by atoms with Gasteiger partial charge < -0.3 is 19.7 Å². The van der Waals surface area contributed by atoms with Crippen LogP contribution in [0, 0.1) is 0 Å². The van der Waals surface area contributed by atoms with Crippen LogP contribution in [0.5, 0.6) is 0 Å². The number of rotatable bonds is 5. The van der Waals surface area contributed by atoms with Crippen LogP contribution in [0.2, 0.25) is 0 Å². The smallest absolute Gasteiger partial charge is 0.194 e. The van der Waals surface area contributed by atoms with Gasteiger partial charge in [-0.25, -0.2) is 0 Å².